The largest absolute Gasteiger partial charge is 0.573 e. The molecule has 0 saturated carbocycles. The lowest BCUT2D eigenvalue weighted by molar-refractivity contribution is -0.274. The van der Waals surface area contributed by atoms with Crippen LogP contribution in [0.4, 0.5) is 29.1 Å². The van der Waals surface area contributed by atoms with Crippen LogP contribution in [-0.2, 0) is 20.1 Å². The first-order valence-electron chi connectivity index (χ1n) is 11.1. The molecule has 2 atom stereocenters. The van der Waals surface area contributed by atoms with E-state index in [2.05, 4.69) is 15.0 Å². The van der Waals surface area contributed by atoms with Gasteiger partial charge in [-0.25, -0.2) is 9.18 Å². The molecular formula is C23H23F4N5O5. The minimum Gasteiger partial charge on any atom is -0.452 e. The molecule has 2 unspecified atom stereocenters. The molecule has 2 N–H and O–H groups in total. The quantitative estimate of drug-likeness (QED) is 0.432. The Labute approximate surface area is 207 Å². The molecule has 37 heavy (non-hydrogen) atoms. The molecule has 1 aliphatic rings. The topological polar surface area (TPSA) is 111 Å². The molecule has 0 saturated heterocycles. The van der Waals surface area contributed by atoms with Crippen LogP contribution in [0.3, 0.4) is 0 Å². The highest BCUT2D eigenvalue weighted by atomic mass is 19.4. The third-order valence-corrected chi connectivity index (χ3v) is 5.53. The molecule has 0 radical (unpaired) electrons. The van der Waals surface area contributed by atoms with Crippen molar-refractivity contribution in [3.63, 3.8) is 0 Å². The average Bonchev–Trinajstić information content (AvgIpc) is 3.16. The fourth-order valence-electron chi connectivity index (χ4n) is 3.80. The van der Waals surface area contributed by atoms with E-state index in [1.807, 2.05) is 0 Å². The third-order valence-electron chi connectivity index (χ3n) is 5.53. The van der Waals surface area contributed by atoms with Crippen molar-refractivity contribution in [1.82, 2.24) is 14.1 Å². The minimum absolute atomic E-state index is 0.0245. The Kier molecular flexibility index (Phi) is 7.12. The van der Waals surface area contributed by atoms with Crippen LogP contribution in [0, 0.1) is 5.82 Å². The summed E-state index contributed by atoms with van der Waals surface area (Å²) in [5, 5.41) is 12.6. The fourth-order valence-corrected chi connectivity index (χ4v) is 3.80. The van der Waals surface area contributed by atoms with Crippen molar-refractivity contribution >= 4 is 11.5 Å². The highest BCUT2D eigenvalue weighted by Gasteiger charge is 2.37. The van der Waals surface area contributed by atoms with Gasteiger partial charge in [0.25, 0.3) is 11.9 Å². The molecule has 0 spiro atoms. The van der Waals surface area contributed by atoms with Crippen molar-refractivity contribution in [2.24, 2.45) is 7.05 Å². The van der Waals surface area contributed by atoms with Crippen LogP contribution in [0.15, 0.2) is 52.2 Å². The van der Waals surface area contributed by atoms with Gasteiger partial charge in [0.15, 0.2) is 0 Å². The second kappa shape index (κ2) is 10.1. The summed E-state index contributed by atoms with van der Waals surface area (Å²) in [7, 11) is 1.43. The fraction of sp³-hybridized carbons (Fsp3) is 0.348. The zero-order valence-electron chi connectivity index (χ0n) is 19.7. The molecule has 3 heterocycles. The molecule has 4 rings (SSSR count). The smallest absolute Gasteiger partial charge is 0.452 e. The lowest BCUT2D eigenvalue weighted by atomic mass is 10.3. The van der Waals surface area contributed by atoms with Crippen LogP contribution in [0.1, 0.15) is 19.0 Å². The summed E-state index contributed by atoms with van der Waals surface area (Å²) >= 11 is 0. The van der Waals surface area contributed by atoms with Gasteiger partial charge in [-0.05, 0) is 37.6 Å². The Morgan fingerprint density at radius 2 is 1.92 bits per heavy atom. The summed E-state index contributed by atoms with van der Waals surface area (Å²) in [4.78, 5) is 31.7. The summed E-state index contributed by atoms with van der Waals surface area (Å²) in [6.45, 7) is 1.40. The van der Waals surface area contributed by atoms with Crippen LogP contribution >= 0.6 is 0 Å². The van der Waals surface area contributed by atoms with Gasteiger partial charge in [-0.3, -0.25) is 18.9 Å². The molecule has 14 heteroatoms. The van der Waals surface area contributed by atoms with Gasteiger partial charge in [0, 0.05) is 19.7 Å². The maximum Gasteiger partial charge on any atom is 0.573 e. The number of rotatable bonds is 8. The van der Waals surface area contributed by atoms with Crippen molar-refractivity contribution < 1.29 is 32.1 Å². The monoisotopic (exact) mass is 525 g/mol. The predicted molar refractivity (Wildman–Crippen MR) is 124 cm³/mol. The SMILES string of the molecule is CC(O)CCn1c(=O)c2c(n(C)c1=O)NC(Oc1cccc(OC(F)(F)F)c1)N2Cc1ccc(F)cn1. The van der Waals surface area contributed by atoms with Crippen LogP contribution in [0.25, 0.3) is 0 Å². The molecule has 0 bridgehead atoms. The maximum absolute atomic E-state index is 13.4. The number of aliphatic hydroxyl groups excluding tert-OH is 1. The number of nitrogens with zero attached hydrogens (tertiary/aromatic N) is 4. The highest BCUT2D eigenvalue weighted by Crippen LogP contribution is 2.34. The lowest BCUT2D eigenvalue weighted by Gasteiger charge is -2.26. The molecule has 198 valence electrons. The zero-order valence-corrected chi connectivity index (χ0v) is 19.7. The first-order chi connectivity index (χ1) is 17.4. The van der Waals surface area contributed by atoms with Crippen molar-refractivity contribution in [2.45, 2.75) is 45.3 Å². The number of nitrogens with one attached hydrogen (secondary N) is 1. The standard InChI is InChI=1S/C23H23F4N5O5/c1-13(33)8-9-31-20(34)18-19(30(2)22(31)35)29-21(32(18)12-15-7-6-14(24)11-28-15)36-16-4-3-5-17(10-16)37-23(25,26)27/h3-7,10-11,13,21,29,33H,8-9,12H2,1-2H3. The van der Waals surface area contributed by atoms with Crippen LogP contribution in [0.5, 0.6) is 11.5 Å². The Balaban J connectivity index is 1.74. The maximum atomic E-state index is 13.4. The first kappa shape index (κ1) is 26.0. The van der Waals surface area contributed by atoms with Crippen LogP contribution in [0.2, 0.25) is 0 Å². The number of fused-ring (bicyclic) bond motifs is 1. The van der Waals surface area contributed by atoms with Crippen LogP contribution in [-0.4, -0.2) is 38.0 Å². The summed E-state index contributed by atoms with van der Waals surface area (Å²) in [5.74, 6) is -0.998. The zero-order chi connectivity index (χ0) is 26.9. The van der Waals surface area contributed by atoms with Crippen molar-refractivity contribution in [1.29, 1.82) is 0 Å². The highest BCUT2D eigenvalue weighted by molar-refractivity contribution is 5.71. The number of pyridine rings is 1. The molecule has 2 aromatic heterocycles. The van der Waals surface area contributed by atoms with E-state index in [4.69, 9.17) is 4.74 Å². The second-order valence-corrected chi connectivity index (χ2v) is 8.37. The number of hydrogen-bond acceptors (Lipinski definition) is 8. The van der Waals surface area contributed by atoms with Gasteiger partial charge in [0.05, 0.1) is 24.5 Å². The summed E-state index contributed by atoms with van der Waals surface area (Å²) in [6.07, 6.45) is -5.68. The number of aliphatic hydroxyl groups is 1. The minimum atomic E-state index is -4.91. The number of ether oxygens (including phenoxy) is 2. The second-order valence-electron chi connectivity index (χ2n) is 8.37. The Hall–Kier alpha value is -4.07. The number of aromatic nitrogens is 3. The van der Waals surface area contributed by atoms with Gasteiger partial charge in [0.1, 0.15) is 28.8 Å². The van der Waals surface area contributed by atoms with Gasteiger partial charge >= 0.3 is 12.1 Å². The van der Waals surface area contributed by atoms with Crippen molar-refractivity contribution in [3.05, 3.63) is 74.9 Å². The Morgan fingerprint density at radius 3 is 2.57 bits per heavy atom. The molecule has 0 amide bonds. The van der Waals surface area contributed by atoms with Crippen molar-refractivity contribution in [3.8, 4) is 11.5 Å². The van der Waals surface area contributed by atoms with Gasteiger partial charge in [-0.1, -0.05) is 6.07 Å². The molecule has 10 nitrogen and oxygen atoms in total. The normalized spacial score (nSPS) is 15.8. The number of hydrogen-bond donors (Lipinski definition) is 2. The summed E-state index contributed by atoms with van der Waals surface area (Å²) in [6, 6.07) is 7.39. The molecule has 0 fully saturated rings. The summed E-state index contributed by atoms with van der Waals surface area (Å²) < 4.78 is 63.4. The Morgan fingerprint density at radius 1 is 1.19 bits per heavy atom. The van der Waals surface area contributed by atoms with E-state index in [1.165, 1.54) is 47.7 Å². The van der Waals surface area contributed by atoms with E-state index < -0.39 is 41.6 Å². The molecule has 0 aliphatic carbocycles. The molecule has 1 aliphatic heterocycles. The van der Waals surface area contributed by atoms with Gasteiger partial charge in [0.2, 0.25) is 0 Å². The Bertz CT molecular complexity index is 1390. The molecular weight excluding hydrogens is 502 g/mol. The van der Waals surface area contributed by atoms with E-state index in [1.54, 1.807) is 0 Å². The third kappa shape index (κ3) is 5.85. The van der Waals surface area contributed by atoms with Gasteiger partial charge < -0.3 is 24.8 Å². The number of halogens is 4. The van der Waals surface area contributed by atoms with Gasteiger partial charge in [-0.2, -0.15) is 0 Å². The number of alkyl halides is 3. The van der Waals surface area contributed by atoms with E-state index in [9.17, 15) is 32.3 Å². The number of benzene rings is 1. The van der Waals surface area contributed by atoms with E-state index in [0.717, 1.165) is 22.9 Å². The predicted octanol–water partition coefficient (Wildman–Crippen LogP) is 2.55. The van der Waals surface area contributed by atoms with Crippen molar-refractivity contribution in [2.75, 3.05) is 10.2 Å². The number of anilines is 2. The van der Waals surface area contributed by atoms with E-state index >= 15 is 0 Å². The lowest BCUT2D eigenvalue weighted by Crippen LogP contribution is -2.43. The van der Waals surface area contributed by atoms with Gasteiger partial charge in [-0.15, -0.1) is 13.2 Å². The van der Waals surface area contributed by atoms with E-state index in [0.29, 0.717) is 5.69 Å². The molecule has 1 aromatic carbocycles. The average molecular weight is 525 g/mol. The van der Waals surface area contributed by atoms with E-state index in [-0.39, 0.29) is 36.8 Å². The molecule has 3 aromatic rings. The summed E-state index contributed by atoms with van der Waals surface area (Å²) in [5.41, 5.74) is -0.930. The first-order valence-corrected chi connectivity index (χ1v) is 11.1. The van der Waals surface area contributed by atoms with Crippen LogP contribution < -0.4 is 30.9 Å².